The molecule has 0 radical (unpaired) electrons. The van der Waals surface area contributed by atoms with E-state index in [-0.39, 0.29) is 29.6 Å². The summed E-state index contributed by atoms with van der Waals surface area (Å²) in [5, 5.41) is -0.0916. The van der Waals surface area contributed by atoms with Crippen molar-refractivity contribution in [3.8, 4) is 0 Å². The smallest absolute Gasteiger partial charge is 0.260 e. The minimum absolute atomic E-state index is 0.0640. The van der Waals surface area contributed by atoms with E-state index in [1.807, 2.05) is 0 Å². The molecule has 20 heavy (non-hydrogen) atoms. The molecule has 2 aromatic rings. The Morgan fingerprint density at radius 3 is 2.70 bits per heavy atom. The molecule has 3 N–H and O–H groups in total. The van der Waals surface area contributed by atoms with E-state index in [9.17, 15) is 12.8 Å². The van der Waals surface area contributed by atoms with E-state index in [1.165, 1.54) is 24.0 Å². The molecule has 0 unspecified atom stereocenters. The van der Waals surface area contributed by atoms with E-state index in [2.05, 4.69) is 9.71 Å². The van der Waals surface area contributed by atoms with Crippen LogP contribution < -0.4 is 10.5 Å². The van der Waals surface area contributed by atoms with Gasteiger partial charge in [0.05, 0.1) is 6.33 Å². The van der Waals surface area contributed by atoms with Crippen molar-refractivity contribution in [2.75, 3.05) is 12.3 Å². The molecule has 0 atom stereocenters. The number of nitrogens with one attached hydrogen (secondary N) is 1. The van der Waals surface area contributed by atoms with Gasteiger partial charge >= 0.3 is 0 Å². The molecular formula is C12H15FN4O2S. The monoisotopic (exact) mass is 298 g/mol. The number of nitrogen functional groups attached to an aromatic ring is 1. The molecular weight excluding hydrogens is 283 g/mol. The number of aromatic nitrogens is 2. The van der Waals surface area contributed by atoms with E-state index in [0.717, 1.165) is 0 Å². The van der Waals surface area contributed by atoms with Crippen molar-refractivity contribution >= 4 is 15.8 Å². The zero-order valence-electron chi connectivity index (χ0n) is 10.9. The average Bonchev–Trinajstić information content (AvgIpc) is 2.72. The average molecular weight is 298 g/mol. The molecule has 0 aliphatic carbocycles. The van der Waals surface area contributed by atoms with Gasteiger partial charge in [-0.3, -0.25) is 0 Å². The van der Waals surface area contributed by atoms with Gasteiger partial charge in [0.15, 0.2) is 10.8 Å². The van der Waals surface area contributed by atoms with Crippen LogP contribution in [0.1, 0.15) is 5.56 Å². The van der Waals surface area contributed by atoms with Crippen molar-refractivity contribution < 1.29 is 12.8 Å². The minimum atomic E-state index is -3.76. The standard InChI is InChI=1S/C12H15FN4O2S/c1-17-8-15-11(14)12(17)20(18,19)16-7-6-9-4-2-3-5-10(9)13/h2-5,8,16H,6-7,14H2,1H3. The Bertz CT molecular complexity index is 692. The summed E-state index contributed by atoms with van der Waals surface area (Å²) in [6, 6.07) is 6.23. The quantitative estimate of drug-likeness (QED) is 0.848. The summed E-state index contributed by atoms with van der Waals surface area (Å²) in [5.74, 6) is -0.419. The number of sulfonamides is 1. The second-order valence-corrected chi connectivity index (χ2v) is 5.97. The molecule has 8 heteroatoms. The molecule has 1 aromatic heterocycles. The second kappa shape index (κ2) is 5.59. The van der Waals surface area contributed by atoms with Gasteiger partial charge in [0.2, 0.25) is 0 Å². The molecule has 0 saturated heterocycles. The van der Waals surface area contributed by atoms with Crippen LogP contribution >= 0.6 is 0 Å². The number of hydrogen-bond donors (Lipinski definition) is 2. The molecule has 0 fully saturated rings. The zero-order valence-corrected chi connectivity index (χ0v) is 11.7. The first-order valence-electron chi connectivity index (χ1n) is 5.91. The maximum Gasteiger partial charge on any atom is 0.260 e. The van der Waals surface area contributed by atoms with Crippen LogP contribution in [0.15, 0.2) is 35.6 Å². The van der Waals surface area contributed by atoms with Crippen LogP contribution in [-0.2, 0) is 23.5 Å². The van der Waals surface area contributed by atoms with E-state index in [0.29, 0.717) is 5.56 Å². The van der Waals surface area contributed by atoms with Crippen LogP contribution in [0.3, 0.4) is 0 Å². The number of rotatable bonds is 5. The lowest BCUT2D eigenvalue weighted by molar-refractivity contribution is 0.569. The SMILES string of the molecule is Cn1cnc(N)c1S(=O)(=O)NCCc1ccccc1F. The molecule has 1 aromatic carbocycles. The van der Waals surface area contributed by atoms with Crippen LogP contribution in [0.4, 0.5) is 10.2 Å². The van der Waals surface area contributed by atoms with E-state index < -0.39 is 10.0 Å². The van der Waals surface area contributed by atoms with Crippen LogP contribution in [0, 0.1) is 5.82 Å². The van der Waals surface area contributed by atoms with Gasteiger partial charge in [-0.15, -0.1) is 0 Å². The van der Waals surface area contributed by atoms with Crippen molar-refractivity contribution in [2.24, 2.45) is 7.05 Å². The number of benzene rings is 1. The van der Waals surface area contributed by atoms with Gasteiger partial charge in [0.1, 0.15) is 5.82 Å². The fourth-order valence-corrected chi connectivity index (χ4v) is 3.12. The summed E-state index contributed by atoms with van der Waals surface area (Å²) < 4.78 is 41.2. The maximum absolute atomic E-state index is 13.4. The summed E-state index contributed by atoms with van der Waals surface area (Å²) in [6.45, 7) is 0.0773. The number of nitrogens with zero attached hydrogens (tertiary/aromatic N) is 2. The summed E-state index contributed by atoms with van der Waals surface area (Å²) in [6.07, 6.45) is 1.57. The van der Waals surface area contributed by atoms with Crippen LogP contribution in [0.5, 0.6) is 0 Å². The van der Waals surface area contributed by atoms with Crippen molar-refractivity contribution in [1.29, 1.82) is 0 Å². The lowest BCUT2D eigenvalue weighted by Gasteiger charge is -2.08. The largest absolute Gasteiger partial charge is 0.381 e. The van der Waals surface area contributed by atoms with Gasteiger partial charge in [-0.05, 0) is 18.1 Å². The normalized spacial score (nSPS) is 11.7. The Kier molecular flexibility index (Phi) is 4.05. The number of halogens is 1. The third-order valence-corrected chi connectivity index (χ3v) is 4.40. The van der Waals surface area contributed by atoms with Gasteiger partial charge in [-0.25, -0.2) is 22.5 Å². The first-order chi connectivity index (χ1) is 9.42. The predicted molar refractivity (Wildman–Crippen MR) is 72.9 cm³/mol. The molecule has 1 heterocycles. The molecule has 6 nitrogen and oxygen atoms in total. The molecule has 0 saturated carbocycles. The van der Waals surface area contributed by atoms with Gasteiger partial charge < -0.3 is 10.3 Å². The van der Waals surface area contributed by atoms with Crippen LogP contribution in [0.25, 0.3) is 0 Å². The number of hydrogen-bond acceptors (Lipinski definition) is 4. The topological polar surface area (TPSA) is 90.0 Å². The summed E-state index contributed by atoms with van der Waals surface area (Å²) in [7, 11) is -2.22. The molecule has 108 valence electrons. The Morgan fingerprint density at radius 1 is 1.40 bits per heavy atom. The van der Waals surface area contributed by atoms with Crippen molar-refractivity contribution in [3.05, 3.63) is 42.0 Å². The Balaban J connectivity index is 2.06. The highest BCUT2D eigenvalue weighted by Gasteiger charge is 2.21. The van der Waals surface area contributed by atoms with E-state index >= 15 is 0 Å². The molecule has 0 aliphatic rings. The highest BCUT2D eigenvalue weighted by atomic mass is 32.2. The van der Waals surface area contributed by atoms with Crippen molar-refractivity contribution in [2.45, 2.75) is 11.4 Å². The Labute approximate surface area is 116 Å². The Hall–Kier alpha value is -1.93. The van der Waals surface area contributed by atoms with Gasteiger partial charge in [-0.1, -0.05) is 18.2 Å². The molecule has 0 spiro atoms. The van der Waals surface area contributed by atoms with Gasteiger partial charge in [-0.2, -0.15) is 0 Å². The van der Waals surface area contributed by atoms with Crippen LogP contribution in [-0.4, -0.2) is 24.5 Å². The summed E-state index contributed by atoms with van der Waals surface area (Å²) in [4.78, 5) is 3.72. The molecule has 0 bridgehead atoms. The number of aryl methyl sites for hydroxylation is 1. The number of anilines is 1. The lowest BCUT2D eigenvalue weighted by atomic mass is 10.1. The number of nitrogens with two attached hydrogens (primary N) is 1. The second-order valence-electron chi connectivity index (χ2n) is 4.29. The maximum atomic E-state index is 13.4. The third kappa shape index (κ3) is 2.97. The molecule has 2 rings (SSSR count). The molecule has 0 aliphatic heterocycles. The number of imidazole rings is 1. The summed E-state index contributed by atoms with van der Waals surface area (Å²) >= 11 is 0. The van der Waals surface area contributed by atoms with E-state index in [4.69, 9.17) is 5.73 Å². The van der Waals surface area contributed by atoms with E-state index in [1.54, 1.807) is 18.2 Å². The zero-order chi connectivity index (χ0) is 14.8. The van der Waals surface area contributed by atoms with Crippen molar-refractivity contribution in [3.63, 3.8) is 0 Å². The fourth-order valence-electron chi connectivity index (χ4n) is 1.85. The van der Waals surface area contributed by atoms with Crippen molar-refractivity contribution in [1.82, 2.24) is 14.3 Å². The van der Waals surface area contributed by atoms with Gasteiger partial charge in [0.25, 0.3) is 10.0 Å². The highest BCUT2D eigenvalue weighted by molar-refractivity contribution is 7.89. The van der Waals surface area contributed by atoms with Gasteiger partial charge in [0, 0.05) is 13.6 Å². The lowest BCUT2D eigenvalue weighted by Crippen LogP contribution is -2.28. The Morgan fingerprint density at radius 2 is 2.10 bits per heavy atom. The first-order valence-corrected chi connectivity index (χ1v) is 7.40. The highest BCUT2D eigenvalue weighted by Crippen LogP contribution is 2.15. The minimum Gasteiger partial charge on any atom is -0.381 e. The molecule has 0 amide bonds. The predicted octanol–water partition coefficient (Wildman–Crippen LogP) is 0.662. The third-order valence-electron chi connectivity index (χ3n) is 2.81. The first kappa shape index (κ1) is 14.5. The van der Waals surface area contributed by atoms with Crippen LogP contribution in [0.2, 0.25) is 0 Å². The fraction of sp³-hybridized carbons (Fsp3) is 0.250. The summed E-state index contributed by atoms with van der Waals surface area (Å²) in [5.41, 5.74) is 5.98.